The Labute approximate surface area is 97.9 Å². The molecule has 6 heteroatoms. The van der Waals surface area contributed by atoms with Crippen LogP contribution in [0.15, 0.2) is 29.1 Å². The van der Waals surface area contributed by atoms with Gasteiger partial charge in [-0.05, 0) is 12.1 Å². The lowest BCUT2D eigenvalue weighted by Gasteiger charge is -2.03. The second-order valence-electron chi connectivity index (χ2n) is 2.90. The molecule has 2 aromatic rings. The van der Waals surface area contributed by atoms with E-state index in [0.717, 1.165) is 4.57 Å². The normalized spacial score (nSPS) is 9.41. The number of aromatic amines is 1. The number of nitrogens with one attached hydrogen (secondary N) is 1. The molecule has 0 saturated heterocycles. The summed E-state index contributed by atoms with van der Waals surface area (Å²) in [4.78, 5) is 11.0. The summed E-state index contributed by atoms with van der Waals surface area (Å²) in [6, 6.07) is 5.91. The lowest BCUT2D eigenvalue weighted by atomic mass is 10.3. The highest BCUT2D eigenvalue weighted by atomic mass is 19.1. The summed E-state index contributed by atoms with van der Waals surface area (Å²) in [5.41, 5.74) is -0.415. The number of hydrogen-bond donors (Lipinski definition) is 1. The van der Waals surface area contributed by atoms with Crippen molar-refractivity contribution in [3.05, 3.63) is 40.6 Å². The SMILES string of the molecule is CC.Cn1c(Oc2ccccc2F)n[nH]c1=O. The number of H-pyrrole nitrogens is 1. The molecule has 17 heavy (non-hydrogen) atoms. The molecule has 5 nitrogen and oxygen atoms in total. The van der Waals surface area contributed by atoms with Crippen LogP contribution in [0.5, 0.6) is 11.8 Å². The first-order valence-electron chi connectivity index (χ1n) is 5.22. The van der Waals surface area contributed by atoms with Crippen molar-refractivity contribution in [2.75, 3.05) is 0 Å². The Morgan fingerprint density at radius 3 is 2.53 bits per heavy atom. The predicted octanol–water partition coefficient (Wildman–Crippen LogP) is 2.07. The highest BCUT2D eigenvalue weighted by Gasteiger charge is 2.09. The Morgan fingerprint density at radius 1 is 1.35 bits per heavy atom. The maximum Gasteiger partial charge on any atom is 0.345 e. The molecular formula is C11H14FN3O2. The number of benzene rings is 1. The lowest BCUT2D eigenvalue weighted by molar-refractivity contribution is 0.395. The van der Waals surface area contributed by atoms with E-state index in [1.807, 2.05) is 13.8 Å². The summed E-state index contributed by atoms with van der Waals surface area (Å²) in [7, 11) is 1.47. The van der Waals surface area contributed by atoms with Gasteiger partial charge in [0.05, 0.1) is 0 Å². The molecule has 0 fully saturated rings. The largest absolute Gasteiger partial charge is 0.421 e. The molecule has 0 radical (unpaired) electrons. The number of hydrogen-bond acceptors (Lipinski definition) is 3. The minimum Gasteiger partial charge on any atom is -0.421 e. The Balaban J connectivity index is 0.000000686. The van der Waals surface area contributed by atoms with Crippen LogP contribution in [-0.4, -0.2) is 14.8 Å². The summed E-state index contributed by atoms with van der Waals surface area (Å²) in [5, 5.41) is 5.77. The highest BCUT2D eigenvalue weighted by molar-refractivity contribution is 5.26. The van der Waals surface area contributed by atoms with E-state index in [2.05, 4.69) is 10.2 Å². The van der Waals surface area contributed by atoms with Crippen LogP contribution in [0.4, 0.5) is 4.39 Å². The third-order valence-electron chi connectivity index (χ3n) is 1.88. The summed E-state index contributed by atoms with van der Waals surface area (Å²) in [6.45, 7) is 4.00. The number of nitrogens with zero attached hydrogens (tertiary/aromatic N) is 2. The second-order valence-corrected chi connectivity index (χ2v) is 2.90. The summed E-state index contributed by atoms with van der Waals surface area (Å²) >= 11 is 0. The van der Waals surface area contributed by atoms with Gasteiger partial charge in [-0.25, -0.2) is 18.9 Å². The molecule has 1 aromatic heterocycles. The molecule has 0 unspecified atom stereocenters. The first kappa shape index (κ1) is 13.0. The van der Waals surface area contributed by atoms with Gasteiger partial charge in [0.2, 0.25) is 0 Å². The maximum absolute atomic E-state index is 13.2. The standard InChI is InChI=1S/C9H8FN3O2.C2H6/c1-13-8(14)11-12-9(13)15-7-5-3-2-4-6(7)10;1-2/h2-5H,1H3,(H,11,14);1-2H3. The third kappa shape index (κ3) is 2.93. The van der Waals surface area contributed by atoms with Gasteiger partial charge in [0.1, 0.15) is 0 Å². The van der Waals surface area contributed by atoms with Crippen molar-refractivity contribution in [1.29, 1.82) is 0 Å². The van der Waals surface area contributed by atoms with E-state index in [9.17, 15) is 9.18 Å². The van der Waals surface area contributed by atoms with Crippen LogP contribution in [0.25, 0.3) is 0 Å². The van der Waals surface area contributed by atoms with Crippen LogP contribution >= 0.6 is 0 Å². The third-order valence-corrected chi connectivity index (χ3v) is 1.88. The molecule has 0 bridgehead atoms. The van der Waals surface area contributed by atoms with E-state index in [1.54, 1.807) is 12.1 Å². The molecule has 0 aliphatic heterocycles. The number of ether oxygens (including phenoxy) is 1. The van der Waals surface area contributed by atoms with Gasteiger partial charge >= 0.3 is 11.7 Å². The maximum atomic E-state index is 13.2. The van der Waals surface area contributed by atoms with Crippen LogP contribution < -0.4 is 10.4 Å². The highest BCUT2D eigenvalue weighted by Crippen LogP contribution is 2.20. The van der Waals surface area contributed by atoms with Gasteiger partial charge in [-0.1, -0.05) is 26.0 Å². The van der Waals surface area contributed by atoms with Crippen LogP contribution in [0.3, 0.4) is 0 Å². The second kappa shape index (κ2) is 5.83. The van der Waals surface area contributed by atoms with Crippen molar-refractivity contribution in [2.45, 2.75) is 13.8 Å². The zero-order valence-corrected chi connectivity index (χ0v) is 9.90. The molecule has 1 aromatic carbocycles. The average Bonchev–Trinajstić information content (AvgIpc) is 2.67. The zero-order chi connectivity index (χ0) is 12.8. The van der Waals surface area contributed by atoms with Gasteiger partial charge in [-0.2, -0.15) is 0 Å². The predicted molar refractivity (Wildman–Crippen MR) is 61.7 cm³/mol. The number of aromatic nitrogens is 3. The summed E-state index contributed by atoms with van der Waals surface area (Å²) in [5.74, 6) is -0.479. The Bertz CT molecular complexity index is 534. The first-order valence-corrected chi connectivity index (χ1v) is 5.22. The molecule has 0 spiro atoms. The van der Waals surface area contributed by atoms with Crippen LogP contribution in [0, 0.1) is 5.82 Å². The minimum absolute atomic E-state index is 0.0186. The van der Waals surface area contributed by atoms with Crippen molar-refractivity contribution < 1.29 is 9.13 Å². The molecule has 0 aliphatic carbocycles. The van der Waals surface area contributed by atoms with E-state index in [4.69, 9.17) is 4.74 Å². The van der Waals surface area contributed by atoms with Crippen LogP contribution in [0.2, 0.25) is 0 Å². The van der Waals surface area contributed by atoms with Gasteiger partial charge in [-0.15, -0.1) is 5.10 Å². The van der Waals surface area contributed by atoms with Gasteiger partial charge in [0.15, 0.2) is 11.6 Å². The molecule has 0 atom stereocenters. The number of para-hydroxylation sites is 1. The molecule has 92 valence electrons. The van der Waals surface area contributed by atoms with Crippen molar-refractivity contribution in [3.8, 4) is 11.8 Å². The van der Waals surface area contributed by atoms with Crippen LogP contribution in [0.1, 0.15) is 13.8 Å². The Hall–Kier alpha value is -2.11. The van der Waals surface area contributed by atoms with Gasteiger partial charge in [0.25, 0.3) is 0 Å². The van der Waals surface area contributed by atoms with E-state index in [0.29, 0.717) is 0 Å². The molecule has 1 N–H and O–H groups in total. The lowest BCUT2D eigenvalue weighted by Crippen LogP contribution is -2.12. The van der Waals surface area contributed by atoms with Crippen molar-refractivity contribution in [3.63, 3.8) is 0 Å². The topological polar surface area (TPSA) is 59.9 Å². The summed E-state index contributed by atoms with van der Waals surface area (Å²) < 4.78 is 19.4. The van der Waals surface area contributed by atoms with E-state index >= 15 is 0 Å². The van der Waals surface area contributed by atoms with E-state index < -0.39 is 11.5 Å². The Morgan fingerprint density at radius 2 is 2.00 bits per heavy atom. The van der Waals surface area contributed by atoms with Crippen molar-refractivity contribution in [1.82, 2.24) is 14.8 Å². The molecule has 2 rings (SSSR count). The molecule has 0 saturated carbocycles. The zero-order valence-electron chi connectivity index (χ0n) is 9.90. The minimum atomic E-state index is -0.507. The first-order chi connectivity index (χ1) is 8.18. The fraction of sp³-hybridized carbons (Fsp3) is 0.273. The molecule has 0 aliphatic rings. The number of rotatable bonds is 2. The van der Waals surface area contributed by atoms with Crippen LogP contribution in [-0.2, 0) is 7.05 Å². The smallest absolute Gasteiger partial charge is 0.345 e. The van der Waals surface area contributed by atoms with Gasteiger partial charge in [0, 0.05) is 7.05 Å². The van der Waals surface area contributed by atoms with E-state index in [1.165, 1.54) is 19.2 Å². The van der Waals surface area contributed by atoms with Crippen molar-refractivity contribution >= 4 is 0 Å². The fourth-order valence-corrected chi connectivity index (χ4v) is 1.05. The summed E-state index contributed by atoms with van der Waals surface area (Å²) in [6.07, 6.45) is 0. The number of halogens is 1. The van der Waals surface area contributed by atoms with Gasteiger partial charge < -0.3 is 4.74 Å². The molecular weight excluding hydrogens is 225 g/mol. The molecule has 1 heterocycles. The average molecular weight is 239 g/mol. The van der Waals surface area contributed by atoms with E-state index in [-0.39, 0.29) is 11.8 Å². The Kier molecular flexibility index (Phi) is 4.45. The van der Waals surface area contributed by atoms with Gasteiger partial charge in [-0.3, -0.25) is 0 Å². The quantitative estimate of drug-likeness (QED) is 0.872. The monoisotopic (exact) mass is 239 g/mol. The fourth-order valence-electron chi connectivity index (χ4n) is 1.05. The molecule has 0 amide bonds. The van der Waals surface area contributed by atoms with Crippen molar-refractivity contribution in [2.24, 2.45) is 7.05 Å².